The van der Waals surface area contributed by atoms with Gasteiger partial charge in [0, 0.05) is 24.7 Å². The first-order valence-electron chi connectivity index (χ1n) is 9.97. The average molecular weight is 418 g/mol. The molecule has 5 heteroatoms. The lowest BCUT2D eigenvalue weighted by atomic mass is 10.2. The van der Waals surface area contributed by atoms with E-state index >= 15 is 0 Å². The number of hydrogen-bond donors (Lipinski definition) is 0. The molecule has 0 unspecified atom stereocenters. The Morgan fingerprint density at radius 1 is 0.500 bits per heavy atom. The van der Waals surface area contributed by atoms with E-state index in [-0.39, 0.29) is 0 Å². The molecule has 0 aromatic heterocycles. The third-order valence-corrected chi connectivity index (χ3v) is 10.4. The number of rotatable bonds is 19. The van der Waals surface area contributed by atoms with Gasteiger partial charge in [0.15, 0.2) is 8.32 Å². The fourth-order valence-electron chi connectivity index (χ4n) is 3.37. The second-order valence-electron chi connectivity index (χ2n) is 6.95. The van der Waals surface area contributed by atoms with E-state index in [2.05, 4.69) is 0 Å². The Morgan fingerprint density at radius 2 is 0.792 bits per heavy atom. The summed E-state index contributed by atoms with van der Waals surface area (Å²) in [6.07, 6.45) is 15.1. The first-order valence-corrected chi connectivity index (χ1v) is 14.1. The molecule has 0 aromatic rings. The highest BCUT2D eigenvalue weighted by atomic mass is 35.5. The van der Waals surface area contributed by atoms with Gasteiger partial charge < -0.3 is 4.43 Å². The molecule has 146 valence electrons. The highest BCUT2D eigenvalue weighted by Crippen LogP contribution is 2.30. The van der Waals surface area contributed by atoms with Crippen LogP contribution in [0.25, 0.3) is 0 Å². The van der Waals surface area contributed by atoms with Crippen LogP contribution in [0, 0.1) is 0 Å². The molecule has 0 spiro atoms. The van der Waals surface area contributed by atoms with Crippen LogP contribution in [-0.4, -0.2) is 33.1 Å². The lowest BCUT2D eigenvalue weighted by Crippen LogP contribution is -2.36. The molecule has 0 amide bonds. The summed E-state index contributed by atoms with van der Waals surface area (Å²) in [5.41, 5.74) is 0. The maximum Gasteiger partial charge on any atom is 0.192 e. The maximum atomic E-state index is 6.22. The summed E-state index contributed by atoms with van der Waals surface area (Å²) in [5.74, 6) is 2.40. The van der Waals surface area contributed by atoms with Crippen molar-refractivity contribution in [3.05, 3.63) is 0 Å². The van der Waals surface area contributed by atoms with Gasteiger partial charge in [-0.2, -0.15) is 0 Å². The molecule has 24 heavy (non-hydrogen) atoms. The molecule has 0 aromatic carbocycles. The van der Waals surface area contributed by atoms with Gasteiger partial charge in [-0.1, -0.05) is 57.8 Å². The van der Waals surface area contributed by atoms with Crippen LogP contribution in [0.5, 0.6) is 0 Å². The molecule has 0 rings (SSSR count). The largest absolute Gasteiger partial charge is 0.420 e. The minimum Gasteiger partial charge on any atom is -0.420 e. The van der Waals surface area contributed by atoms with Gasteiger partial charge in [0.1, 0.15) is 0 Å². The number of hydrogen-bond acceptors (Lipinski definition) is 1. The molecule has 0 atom stereocenters. The summed E-state index contributed by atoms with van der Waals surface area (Å²) in [6, 6.07) is 3.99. The van der Waals surface area contributed by atoms with Gasteiger partial charge in [0.05, 0.1) is 0 Å². The lowest BCUT2D eigenvalue weighted by Gasteiger charge is -2.30. The summed E-state index contributed by atoms with van der Waals surface area (Å²) in [5, 5.41) is 0. The lowest BCUT2D eigenvalue weighted by molar-refractivity contribution is 0.380. The summed E-state index contributed by atoms with van der Waals surface area (Å²) in [7, 11) is 0.426. The zero-order chi connectivity index (χ0) is 17.9. The molecule has 0 aliphatic heterocycles. The average Bonchev–Trinajstić information content (AvgIpc) is 2.60. The fraction of sp³-hybridized carbons (Fsp3) is 1.00. The minimum absolute atomic E-state index is 0.800. The minimum atomic E-state index is -1.55. The van der Waals surface area contributed by atoms with E-state index in [9.17, 15) is 0 Å². The number of halogens is 3. The van der Waals surface area contributed by atoms with Crippen molar-refractivity contribution >= 4 is 43.1 Å². The zero-order valence-corrected chi connectivity index (χ0v) is 19.0. The molecule has 0 fully saturated rings. The van der Waals surface area contributed by atoms with Gasteiger partial charge >= 0.3 is 0 Å². The molecule has 1 nitrogen and oxygen atoms in total. The molecule has 0 saturated heterocycles. The summed E-state index contributed by atoms with van der Waals surface area (Å²) < 4.78 is 6.22. The van der Waals surface area contributed by atoms with Crippen molar-refractivity contribution < 1.29 is 4.43 Å². The molecule has 0 N–H and O–H groups in total. The smallest absolute Gasteiger partial charge is 0.192 e. The quantitative estimate of drug-likeness (QED) is 0.117. The Morgan fingerprint density at radius 3 is 1.04 bits per heavy atom. The highest BCUT2D eigenvalue weighted by molar-refractivity contribution is 6.73. The highest BCUT2D eigenvalue weighted by Gasteiger charge is 2.31. The van der Waals surface area contributed by atoms with Crippen LogP contribution in [0.2, 0.25) is 18.1 Å². The van der Waals surface area contributed by atoms with Crippen LogP contribution in [0.3, 0.4) is 0 Å². The second-order valence-corrected chi connectivity index (χ2v) is 12.4. The summed E-state index contributed by atoms with van der Waals surface area (Å²) in [6.45, 7) is 0. The Bertz CT molecular complexity index is 219. The Hall–Kier alpha value is 1.05. The molecule has 0 heterocycles. The van der Waals surface area contributed by atoms with Crippen LogP contribution >= 0.6 is 34.8 Å². The van der Waals surface area contributed by atoms with Gasteiger partial charge in [0.2, 0.25) is 0 Å². The van der Waals surface area contributed by atoms with E-state index in [0.29, 0.717) is 0 Å². The van der Waals surface area contributed by atoms with E-state index in [1.807, 2.05) is 7.11 Å². The molecule has 0 aliphatic rings. The molecule has 0 aliphatic carbocycles. The van der Waals surface area contributed by atoms with Crippen molar-refractivity contribution in [1.29, 1.82) is 0 Å². The zero-order valence-electron chi connectivity index (χ0n) is 15.8. The first-order chi connectivity index (χ1) is 11.7. The third kappa shape index (κ3) is 14.2. The van der Waals surface area contributed by atoms with E-state index in [0.717, 1.165) is 36.9 Å². The molecule has 0 bridgehead atoms. The van der Waals surface area contributed by atoms with E-state index in [1.54, 1.807) is 0 Å². The molecule has 0 radical (unpaired) electrons. The third-order valence-electron chi connectivity index (χ3n) is 4.98. The van der Waals surface area contributed by atoms with Crippen LogP contribution < -0.4 is 0 Å². The van der Waals surface area contributed by atoms with Crippen LogP contribution in [-0.2, 0) is 4.43 Å². The van der Waals surface area contributed by atoms with E-state index in [4.69, 9.17) is 39.2 Å². The molecule has 0 saturated carbocycles. The van der Waals surface area contributed by atoms with Crippen molar-refractivity contribution in [3.8, 4) is 0 Å². The monoisotopic (exact) mass is 416 g/mol. The van der Waals surface area contributed by atoms with Crippen molar-refractivity contribution in [1.82, 2.24) is 0 Å². The van der Waals surface area contributed by atoms with Crippen LogP contribution in [0.4, 0.5) is 0 Å². The van der Waals surface area contributed by atoms with Crippen molar-refractivity contribution in [3.63, 3.8) is 0 Å². The van der Waals surface area contributed by atoms with Gasteiger partial charge in [-0.15, -0.1) is 34.8 Å². The van der Waals surface area contributed by atoms with Crippen LogP contribution in [0.1, 0.15) is 77.0 Å². The summed E-state index contributed by atoms with van der Waals surface area (Å²) in [4.78, 5) is 0. The predicted octanol–water partition coefficient (Wildman–Crippen LogP) is 7.98. The van der Waals surface area contributed by atoms with Crippen molar-refractivity contribution in [2.45, 2.75) is 95.2 Å². The molecular formula is C19H39Cl3OSi. The Kier molecular flexibility index (Phi) is 19.6. The Balaban J connectivity index is 4.23. The predicted molar refractivity (Wildman–Crippen MR) is 115 cm³/mol. The van der Waals surface area contributed by atoms with Gasteiger partial charge in [-0.05, 0) is 37.4 Å². The van der Waals surface area contributed by atoms with Gasteiger partial charge in [0.25, 0.3) is 0 Å². The normalized spacial score (nSPS) is 12.0. The van der Waals surface area contributed by atoms with Crippen molar-refractivity contribution in [2.24, 2.45) is 0 Å². The fourth-order valence-corrected chi connectivity index (χ4v) is 7.98. The number of unbranched alkanes of at least 4 members (excludes halogenated alkanes) is 9. The SMILES string of the molecule is CO[Si](CCCCCCCl)(CCCCCCCl)CCCCCCCl. The van der Waals surface area contributed by atoms with Crippen LogP contribution in [0.15, 0.2) is 0 Å². The standard InChI is InChI=1S/C19H39Cl3OSi/c1-23-24(17-11-5-2-8-14-20,18-12-6-3-9-15-21)19-13-7-4-10-16-22/h2-19H2,1H3. The topological polar surface area (TPSA) is 9.23 Å². The molecular weight excluding hydrogens is 379 g/mol. The van der Waals surface area contributed by atoms with E-state index in [1.165, 1.54) is 75.9 Å². The second kappa shape index (κ2) is 18.8. The summed E-state index contributed by atoms with van der Waals surface area (Å²) >= 11 is 17.3. The maximum absolute atomic E-state index is 6.22. The van der Waals surface area contributed by atoms with Crippen molar-refractivity contribution in [2.75, 3.05) is 24.7 Å². The Labute approximate surface area is 167 Å². The van der Waals surface area contributed by atoms with E-state index < -0.39 is 8.32 Å². The number of alkyl halides is 3. The van der Waals surface area contributed by atoms with Gasteiger partial charge in [-0.3, -0.25) is 0 Å². The van der Waals surface area contributed by atoms with Gasteiger partial charge in [-0.25, -0.2) is 0 Å². The first kappa shape index (κ1) is 25.0.